The highest BCUT2D eigenvalue weighted by atomic mass is 32.2. The number of fused-ring (bicyclic) bond motifs is 2. The summed E-state index contributed by atoms with van der Waals surface area (Å²) in [4.78, 5) is 32.7. The van der Waals surface area contributed by atoms with Gasteiger partial charge in [0.1, 0.15) is 5.82 Å². The number of hydrogen-bond donors (Lipinski definition) is 0. The number of sulfonamides is 1. The molecular formula is C22H26N4O4S. The summed E-state index contributed by atoms with van der Waals surface area (Å²) in [5.41, 5.74) is 1.89. The summed E-state index contributed by atoms with van der Waals surface area (Å²) in [5, 5.41) is 0. The standard InChI is InChI=1S/C22H26N4O4S/c1-31(29,30)25-11-8-22(9-12-25)13-19-23-18-7-10-24(14-17(18)21(28)26(19)15-22)20(27)16-5-3-2-4-6-16/h2-6H,7-15H2,1H3. The predicted octanol–water partition coefficient (Wildman–Crippen LogP) is 1.04. The Morgan fingerprint density at radius 1 is 1.10 bits per heavy atom. The first-order valence-corrected chi connectivity index (χ1v) is 12.5. The Bertz CT molecular complexity index is 1200. The number of aromatic nitrogens is 2. The normalized spacial score (nSPS) is 20.5. The highest BCUT2D eigenvalue weighted by molar-refractivity contribution is 7.88. The SMILES string of the molecule is CS(=O)(=O)N1CCC2(CC1)Cc1nc3c(c(=O)n1C2)CN(C(=O)c1ccccc1)CC3. The Morgan fingerprint density at radius 2 is 1.81 bits per heavy atom. The van der Waals surface area contributed by atoms with Crippen molar-refractivity contribution >= 4 is 15.9 Å². The Labute approximate surface area is 181 Å². The van der Waals surface area contributed by atoms with Crippen LogP contribution in [0.15, 0.2) is 35.1 Å². The molecule has 8 nitrogen and oxygen atoms in total. The fourth-order valence-corrected chi connectivity index (χ4v) is 6.00. The van der Waals surface area contributed by atoms with Gasteiger partial charge in [-0.25, -0.2) is 17.7 Å². The van der Waals surface area contributed by atoms with Crippen LogP contribution in [0.5, 0.6) is 0 Å². The van der Waals surface area contributed by atoms with E-state index in [0.717, 1.165) is 24.4 Å². The van der Waals surface area contributed by atoms with Crippen molar-refractivity contribution in [2.45, 2.75) is 38.8 Å². The largest absolute Gasteiger partial charge is 0.334 e. The minimum Gasteiger partial charge on any atom is -0.334 e. The first-order chi connectivity index (χ1) is 14.8. The van der Waals surface area contributed by atoms with Crippen molar-refractivity contribution in [3.8, 4) is 0 Å². The van der Waals surface area contributed by atoms with E-state index in [1.165, 1.54) is 10.6 Å². The third-order valence-corrected chi connectivity index (χ3v) is 8.28. The zero-order valence-corrected chi connectivity index (χ0v) is 18.4. The minimum atomic E-state index is -3.19. The summed E-state index contributed by atoms with van der Waals surface area (Å²) in [5.74, 6) is 0.736. The molecule has 0 atom stereocenters. The molecule has 3 aliphatic heterocycles. The van der Waals surface area contributed by atoms with E-state index in [1.807, 2.05) is 18.2 Å². The maximum Gasteiger partial charge on any atom is 0.258 e. The number of piperidine rings is 1. The maximum atomic E-state index is 13.3. The van der Waals surface area contributed by atoms with E-state index in [9.17, 15) is 18.0 Å². The van der Waals surface area contributed by atoms with Gasteiger partial charge < -0.3 is 4.90 Å². The molecule has 1 saturated heterocycles. The molecule has 0 saturated carbocycles. The molecule has 3 aliphatic rings. The molecule has 2 aromatic rings. The average Bonchev–Trinajstić information content (AvgIpc) is 3.11. The molecule has 0 unspecified atom stereocenters. The molecule has 0 radical (unpaired) electrons. The monoisotopic (exact) mass is 442 g/mol. The highest BCUT2D eigenvalue weighted by Gasteiger charge is 2.43. The van der Waals surface area contributed by atoms with E-state index in [-0.39, 0.29) is 23.4 Å². The van der Waals surface area contributed by atoms with Gasteiger partial charge in [0.2, 0.25) is 10.0 Å². The van der Waals surface area contributed by atoms with Crippen molar-refractivity contribution in [3.05, 3.63) is 63.3 Å². The fourth-order valence-electron chi connectivity index (χ4n) is 5.15. The number of benzene rings is 1. The summed E-state index contributed by atoms with van der Waals surface area (Å²) < 4.78 is 27.0. The molecule has 1 amide bonds. The molecule has 31 heavy (non-hydrogen) atoms. The number of carbonyl (C=O) groups excluding carboxylic acids is 1. The van der Waals surface area contributed by atoms with Gasteiger partial charge in [0.15, 0.2) is 0 Å². The van der Waals surface area contributed by atoms with Crippen molar-refractivity contribution in [2.75, 3.05) is 25.9 Å². The van der Waals surface area contributed by atoms with E-state index < -0.39 is 10.0 Å². The second-order valence-corrected chi connectivity index (χ2v) is 11.0. The van der Waals surface area contributed by atoms with Crippen LogP contribution in [0, 0.1) is 5.41 Å². The van der Waals surface area contributed by atoms with Gasteiger partial charge in [0.05, 0.1) is 24.1 Å². The summed E-state index contributed by atoms with van der Waals surface area (Å²) in [6.45, 7) is 2.38. The van der Waals surface area contributed by atoms with E-state index in [4.69, 9.17) is 4.98 Å². The number of nitrogens with zero attached hydrogens (tertiary/aromatic N) is 4. The molecule has 1 aromatic carbocycles. The van der Waals surface area contributed by atoms with Crippen LogP contribution in [-0.4, -0.2) is 59.0 Å². The van der Waals surface area contributed by atoms with E-state index >= 15 is 0 Å². The van der Waals surface area contributed by atoms with Gasteiger partial charge in [-0.1, -0.05) is 18.2 Å². The lowest BCUT2D eigenvalue weighted by molar-refractivity contribution is 0.0732. The summed E-state index contributed by atoms with van der Waals surface area (Å²) in [6, 6.07) is 9.13. The third-order valence-electron chi connectivity index (χ3n) is 6.98. The van der Waals surface area contributed by atoms with Gasteiger partial charge in [0.25, 0.3) is 11.5 Å². The lowest BCUT2D eigenvalue weighted by Gasteiger charge is -2.37. The van der Waals surface area contributed by atoms with E-state index in [0.29, 0.717) is 50.1 Å². The van der Waals surface area contributed by atoms with Gasteiger partial charge in [-0.2, -0.15) is 0 Å². The molecule has 1 fully saturated rings. The van der Waals surface area contributed by atoms with Crippen molar-refractivity contribution in [3.63, 3.8) is 0 Å². The van der Waals surface area contributed by atoms with Gasteiger partial charge in [-0.05, 0) is 30.4 Å². The topological polar surface area (TPSA) is 92.6 Å². The average molecular weight is 443 g/mol. The summed E-state index contributed by atoms with van der Waals surface area (Å²) in [7, 11) is -3.19. The fraction of sp³-hybridized carbons (Fsp3) is 0.500. The van der Waals surface area contributed by atoms with Gasteiger partial charge in [-0.15, -0.1) is 0 Å². The number of hydrogen-bond acceptors (Lipinski definition) is 5. The predicted molar refractivity (Wildman–Crippen MR) is 115 cm³/mol. The van der Waals surface area contributed by atoms with Crippen LogP contribution in [0.25, 0.3) is 0 Å². The quantitative estimate of drug-likeness (QED) is 0.693. The second-order valence-electron chi connectivity index (χ2n) is 9.03. The summed E-state index contributed by atoms with van der Waals surface area (Å²) in [6.07, 6.45) is 3.99. The first-order valence-electron chi connectivity index (χ1n) is 10.7. The van der Waals surface area contributed by atoms with Crippen LogP contribution < -0.4 is 5.56 Å². The molecule has 0 aliphatic carbocycles. The van der Waals surface area contributed by atoms with Gasteiger partial charge in [0, 0.05) is 44.6 Å². The van der Waals surface area contributed by atoms with Crippen molar-refractivity contribution in [1.29, 1.82) is 0 Å². The third kappa shape index (κ3) is 3.59. The van der Waals surface area contributed by atoms with Crippen LogP contribution in [0.4, 0.5) is 0 Å². The van der Waals surface area contributed by atoms with E-state index in [2.05, 4.69) is 0 Å². The van der Waals surface area contributed by atoms with Crippen LogP contribution in [0.3, 0.4) is 0 Å². The molecule has 9 heteroatoms. The van der Waals surface area contributed by atoms with Crippen LogP contribution >= 0.6 is 0 Å². The number of amides is 1. The van der Waals surface area contributed by atoms with Crippen LogP contribution in [0.2, 0.25) is 0 Å². The van der Waals surface area contributed by atoms with Crippen molar-refractivity contribution in [1.82, 2.24) is 18.8 Å². The molecule has 5 rings (SSSR count). The lowest BCUT2D eigenvalue weighted by Crippen LogP contribution is -2.44. The molecule has 4 heterocycles. The smallest absolute Gasteiger partial charge is 0.258 e. The first kappa shape index (κ1) is 20.4. The minimum absolute atomic E-state index is 0.0482. The number of rotatable bonds is 2. The van der Waals surface area contributed by atoms with E-state index in [1.54, 1.807) is 21.6 Å². The zero-order chi connectivity index (χ0) is 21.8. The van der Waals surface area contributed by atoms with Crippen LogP contribution in [0.1, 0.15) is 40.3 Å². The number of carbonyl (C=O) groups is 1. The molecule has 164 valence electrons. The molecule has 0 bridgehead atoms. The second kappa shape index (κ2) is 7.27. The van der Waals surface area contributed by atoms with Crippen LogP contribution in [-0.2, 0) is 36.0 Å². The Balaban J connectivity index is 1.38. The van der Waals surface area contributed by atoms with Crippen molar-refractivity contribution < 1.29 is 13.2 Å². The molecular weight excluding hydrogens is 416 g/mol. The van der Waals surface area contributed by atoms with Gasteiger partial charge >= 0.3 is 0 Å². The Hall–Kier alpha value is -2.52. The molecule has 1 spiro atoms. The lowest BCUT2D eigenvalue weighted by atomic mass is 9.78. The van der Waals surface area contributed by atoms with Gasteiger partial charge in [-0.3, -0.25) is 14.2 Å². The Morgan fingerprint density at radius 3 is 2.48 bits per heavy atom. The Kier molecular flexibility index (Phi) is 4.78. The molecule has 1 aromatic heterocycles. The summed E-state index contributed by atoms with van der Waals surface area (Å²) >= 11 is 0. The van der Waals surface area contributed by atoms with Crippen molar-refractivity contribution in [2.24, 2.45) is 5.41 Å². The highest BCUT2D eigenvalue weighted by Crippen LogP contribution is 2.41. The maximum absolute atomic E-state index is 13.3. The zero-order valence-electron chi connectivity index (χ0n) is 17.6. The molecule has 0 N–H and O–H groups in total.